The summed E-state index contributed by atoms with van der Waals surface area (Å²) in [7, 11) is 0. The van der Waals surface area contributed by atoms with Gasteiger partial charge in [-0.05, 0) is 54.6 Å². The van der Waals surface area contributed by atoms with E-state index in [4.69, 9.17) is 5.11 Å². The summed E-state index contributed by atoms with van der Waals surface area (Å²) in [5.74, 6) is -0.978. The van der Waals surface area contributed by atoms with E-state index in [9.17, 15) is 9.59 Å². The third-order valence-electron chi connectivity index (χ3n) is 6.37. The largest absolute Gasteiger partial charge is 0.481 e. The summed E-state index contributed by atoms with van der Waals surface area (Å²) in [5.41, 5.74) is 3.75. The van der Waals surface area contributed by atoms with Gasteiger partial charge in [0, 0.05) is 50.4 Å². The summed E-state index contributed by atoms with van der Waals surface area (Å²) >= 11 is 0. The first-order valence-corrected chi connectivity index (χ1v) is 10.7. The molecule has 1 unspecified atom stereocenters. The zero-order chi connectivity index (χ0) is 21.0. The molecule has 1 spiro atoms. The van der Waals surface area contributed by atoms with Gasteiger partial charge in [-0.3, -0.25) is 19.5 Å². The minimum Gasteiger partial charge on any atom is -0.481 e. The van der Waals surface area contributed by atoms with Gasteiger partial charge in [-0.15, -0.1) is 0 Å². The lowest BCUT2D eigenvalue weighted by Gasteiger charge is -2.44. The molecule has 1 aromatic carbocycles. The van der Waals surface area contributed by atoms with Crippen LogP contribution in [-0.4, -0.2) is 51.4 Å². The molecule has 0 radical (unpaired) electrons. The Hall–Kier alpha value is -2.73. The van der Waals surface area contributed by atoms with Crippen molar-refractivity contribution in [3.05, 3.63) is 65.5 Å². The number of benzene rings is 1. The highest BCUT2D eigenvalue weighted by atomic mass is 16.4. The highest BCUT2D eigenvalue weighted by molar-refractivity contribution is 5.80. The molecule has 1 atom stereocenters. The summed E-state index contributed by atoms with van der Waals surface area (Å²) in [6.45, 7) is 4.14. The van der Waals surface area contributed by atoms with Crippen LogP contribution in [-0.2, 0) is 29.1 Å². The van der Waals surface area contributed by atoms with Crippen molar-refractivity contribution in [2.24, 2.45) is 5.41 Å². The number of fused-ring (bicyclic) bond motifs is 1. The minimum atomic E-state index is -0.922. The normalized spacial score (nSPS) is 21.8. The molecule has 1 N–H and O–H groups in total. The summed E-state index contributed by atoms with van der Waals surface area (Å²) < 4.78 is 0. The van der Waals surface area contributed by atoms with Crippen LogP contribution in [0, 0.1) is 5.41 Å². The number of aliphatic carboxylic acids is 1. The van der Waals surface area contributed by atoms with E-state index < -0.39 is 5.97 Å². The second-order valence-electron chi connectivity index (χ2n) is 8.76. The standard InChI is InChI=1S/C24H29N3O3/c28-22(6-7-23(29)30)27-16-21-5-2-1-4-20(21)14-24(18-27)10-3-13-26(17-24)15-19-8-11-25-12-9-19/h1-2,4-5,8-9,11-12H,3,6-7,10,13-18H2,(H,29,30). The topological polar surface area (TPSA) is 73.7 Å². The molecule has 1 aromatic heterocycles. The van der Waals surface area contributed by atoms with E-state index in [0.29, 0.717) is 13.1 Å². The van der Waals surface area contributed by atoms with Gasteiger partial charge in [-0.25, -0.2) is 0 Å². The summed E-state index contributed by atoms with van der Waals surface area (Å²) in [6, 6.07) is 12.5. The third-order valence-corrected chi connectivity index (χ3v) is 6.37. The average Bonchev–Trinajstić information content (AvgIpc) is 2.89. The first-order valence-electron chi connectivity index (χ1n) is 10.7. The molecule has 1 saturated heterocycles. The van der Waals surface area contributed by atoms with E-state index in [0.717, 1.165) is 38.9 Å². The molecule has 2 aliphatic heterocycles. The highest BCUT2D eigenvalue weighted by Gasteiger charge is 2.40. The molecule has 0 aliphatic carbocycles. The maximum absolute atomic E-state index is 12.9. The Morgan fingerprint density at radius 3 is 2.57 bits per heavy atom. The van der Waals surface area contributed by atoms with Crippen LogP contribution in [0.2, 0.25) is 0 Å². The number of likely N-dealkylation sites (tertiary alicyclic amines) is 1. The zero-order valence-corrected chi connectivity index (χ0v) is 17.3. The number of pyridine rings is 1. The van der Waals surface area contributed by atoms with Crippen molar-refractivity contribution in [2.75, 3.05) is 19.6 Å². The molecular formula is C24H29N3O3. The maximum atomic E-state index is 12.9. The first-order chi connectivity index (χ1) is 14.5. The predicted octanol–water partition coefficient (Wildman–Crippen LogP) is 3.11. The Morgan fingerprint density at radius 2 is 1.80 bits per heavy atom. The molecule has 158 valence electrons. The lowest BCUT2D eigenvalue weighted by Crippen LogP contribution is -2.50. The average molecular weight is 408 g/mol. The fourth-order valence-electron chi connectivity index (χ4n) is 5.02. The van der Waals surface area contributed by atoms with Crippen LogP contribution in [0.25, 0.3) is 0 Å². The number of hydrogen-bond acceptors (Lipinski definition) is 4. The number of carbonyl (C=O) groups is 2. The predicted molar refractivity (Wildman–Crippen MR) is 114 cm³/mol. The van der Waals surface area contributed by atoms with Crippen LogP contribution in [0.3, 0.4) is 0 Å². The van der Waals surface area contributed by atoms with Crippen LogP contribution in [0.1, 0.15) is 42.4 Å². The zero-order valence-electron chi connectivity index (χ0n) is 17.3. The monoisotopic (exact) mass is 407 g/mol. The molecule has 6 heteroatoms. The Labute approximate surface area is 177 Å². The van der Waals surface area contributed by atoms with Gasteiger partial charge in [0.25, 0.3) is 0 Å². The van der Waals surface area contributed by atoms with Gasteiger partial charge in [-0.1, -0.05) is 24.3 Å². The van der Waals surface area contributed by atoms with Gasteiger partial charge in [0.15, 0.2) is 0 Å². The second-order valence-corrected chi connectivity index (χ2v) is 8.76. The summed E-state index contributed by atoms with van der Waals surface area (Å²) in [4.78, 5) is 32.4. The van der Waals surface area contributed by atoms with Gasteiger partial charge in [0.05, 0.1) is 6.42 Å². The lowest BCUT2D eigenvalue weighted by atomic mass is 9.74. The number of piperidine rings is 1. The molecule has 0 saturated carbocycles. The number of hydrogen-bond donors (Lipinski definition) is 1. The van der Waals surface area contributed by atoms with Crippen molar-refractivity contribution < 1.29 is 14.7 Å². The van der Waals surface area contributed by atoms with Crippen molar-refractivity contribution in [3.8, 4) is 0 Å². The SMILES string of the molecule is O=C(O)CCC(=O)N1Cc2ccccc2CC2(CCCN(Cc3ccncc3)C2)C1. The van der Waals surface area contributed by atoms with Gasteiger partial charge >= 0.3 is 5.97 Å². The van der Waals surface area contributed by atoms with Crippen molar-refractivity contribution in [1.29, 1.82) is 0 Å². The molecule has 1 fully saturated rings. The fraction of sp³-hybridized carbons (Fsp3) is 0.458. The van der Waals surface area contributed by atoms with Crippen molar-refractivity contribution in [3.63, 3.8) is 0 Å². The Bertz CT molecular complexity index is 902. The van der Waals surface area contributed by atoms with Crippen LogP contribution < -0.4 is 0 Å². The van der Waals surface area contributed by atoms with Crippen LogP contribution in [0.4, 0.5) is 0 Å². The number of carboxylic acid groups (broad SMARTS) is 1. The van der Waals surface area contributed by atoms with E-state index >= 15 is 0 Å². The van der Waals surface area contributed by atoms with Crippen molar-refractivity contribution in [1.82, 2.24) is 14.8 Å². The lowest BCUT2D eigenvalue weighted by molar-refractivity contribution is -0.141. The van der Waals surface area contributed by atoms with Crippen molar-refractivity contribution >= 4 is 11.9 Å². The Morgan fingerprint density at radius 1 is 1.03 bits per heavy atom. The van der Waals surface area contributed by atoms with E-state index in [1.807, 2.05) is 23.4 Å². The molecule has 2 aromatic rings. The van der Waals surface area contributed by atoms with Crippen LogP contribution in [0.5, 0.6) is 0 Å². The number of carboxylic acids is 1. The number of aromatic nitrogens is 1. The van der Waals surface area contributed by atoms with Gasteiger partial charge < -0.3 is 10.0 Å². The van der Waals surface area contributed by atoms with E-state index in [2.05, 4.69) is 40.2 Å². The van der Waals surface area contributed by atoms with Crippen LogP contribution in [0.15, 0.2) is 48.8 Å². The molecule has 4 rings (SSSR count). The quantitative estimate of drug-likeness (QED) is 0.824. The van der Waals surface area contributed by atoms with Crippen molar-refractivity contribution in [2.45, 2.75) is 45.2 Å². The molecular weight excluding hydrogens is 378 g/mol. The first kappa shape index (κ1) is 20.5. The third kappa shape index (κ3) is 4.87. The van der Waals surface area contributed by atoms with Gasteiger partial charge in [-0.2, -0.15) is 0 Å². The fourth-order valence-corrected chi connectivity index (χ4v) is 5.02. The number of nitrogens with zero attached hydrogens (tertiary/aromatic N) is 3. The van der Waals surface area contributed by atoms with E-state index in [1.165, 1.54) is 16.7 Å². The maximum Gasteiger partial charge on any atom is 0.303 e. The van der Waals surface area contributed by atoms with E-state index in [1.54, 1.807) is 0 Å². The van der Waals surface area contributed by atoms with Crippen LogP contribution >= 0.6 is 0 Å². The molecule has 1 amide bonds. The number of carbonyl (C=O) groups excluding carboxylic acids is 1. The molecule has 0 bridgehead atoms. The summed E-state index contributed by atoms with van der Waals surface area (Å²) in [6.07, 6.45) is 6.76. The van der Waals surface area contributed by atoms with Gasteiger partial charge in [0.2, 0.25) is 5.91 Å². The number of rotatable bonds is 5. The Balaban J connectivity index is 1.57. The minimum absolute atomic E-state index is 0.00321. The molecule has 6 nitrogen and oxygen atoms in total. The second kappa shape index (κ2) is 8.96. The molecule has 2 aliphatic rings. The van der Waals surface area contributed by atoms with E-state index in [-0.39, 0.29) is 24.2 Å². The molecule has 3 heterocycles. The summed E-state index contributed by atoms with van der Waals surface area (Å²) in [5, 5.41) is 9.01. The highest BCUT2D eigenvalue weighted by Crippen LogP contribution is 2.39. The van der Waals surface area contributed by atoms with Gasteiger partial charge in [0.1, 0.15) is 0 Å². The Kier molecular flexibility index (Phi) is 6.13. The molecule has 30 heavy (non-hydrogen) atoms. The number of amides is 1. The smallest absolute Gasteiger partial charge is 0.303 e.